The predicted molar refractivity (Wildman–Crippen MR) is 107 cm³/mol. The lowest BCUT2D eigenvalue weighted by Crippen LogP contribution is -2.46. The number of carbonyl (C=O) groups excluding carboxylic acids is 2. The van der Waals surface area contributed by atoms with Crippen molar-refractivity contribution < 1.29 is 14.5 Å². The lowest BCUT2D eigenvalue weighted by atomic mass is 10.0. The first-order valence-electron chi connectivity index (χ1n) is 9.67. The zero-order valence-corrected chi connectivity index (χ0v) is 15.9. The summed E-state index contributed by atoms with van der Waals surface area (Å²) in [7, 11) is 0. The van der Waals surface area contributed by atoms with Crippen LogP contribution in [0.2, 0.25) is 0 Å². The number of piperidine rings is 1. The molecule has 29 heavy (non-hydrogen) atoms. The van der Waals surface area contributed by atoms with Crippen molar-refractivity contribution in [3.8, 4) is 0 Å². The highest BCUT2D eigenvalue weighted by atomic mass is 16.6. The van der Waals surface area contributed by atoms with Gasteiger partial charge in [-0.2, -0.15) is 0 Å². The number of nitro benzene ring substituents is 1. The summed E-state index contributed by atoms with van der Waals surface area (Å²) in [5, 5.41) is 10.8. The predicted octanol–water partition coefficient (Wildman–Crippen LogP) is 3.03. The molecule has 0 N–H and O–H groups in total. The number of hydrogen-bond acceptors (Lipinski definition) is 5. The van der Waals surface area contributed by atoms with E-state index in [4.69, 9.17) is 0 Å². The number of nitrogens with zero attached hydrogens (tertiary/aromatic N) is 4. The van der Waals surface area contributed by atoms with Crippen LogP contribution >= 0.6 is 0 Å². The van der Waals surface area contributed by atoms with Gasteiger partial charge in [-0.1, -0.05) is 30.3 Å². The molecule has 8 heteroatoms. The summed E-state index contributed by atoms with van der Waals surface area (Å²) in [6.45, 7) is 2.46. The third kappa shape index (κ3) is 3.97. The highest BCUT2D eigenvalue weighted by molar-refractivity contribution is 6.19. The topological polar surface area (TPSA) is 87.0 Å². The van der Waals surface area contributed by atoms with E-state index in [9.17, 15) is 19.7 Å². The third-order valence-corrected chi connectivity index (χ3v) is 5.56. The second kappa shape index (κ2) is 8.00. The number of para-hydroxylation sites is 1. The smallest absolute Gasteiger partial charge is 0.312 e. The van der Waals surface area contributed by atoms with Crippen molar-refractivity contribution in [1.82, 2.24) is 9.80 Å². The lowest BCUT2D eigenvalue weighted by Gasteiger charge is -2.36. The van der Waals surface area contributed by atoms with Crippen molar-refractivity contribution in [2.75, 3.05) is 24.5 Å². The van der Waals surface area contributed by atoms with Crippen LogP contribution in [-0.4, -0.2) is 52.3 Å². The molecule has 2 heterocycles. The maximum atomic E-state index is 12.8. The van der Waals surface area contributed by atoms with Crippen molar-refractivity contribution in [3.05, 3.63) is 70.3 Å². The Morgan fingerprint density at radius 1 is 0.966 bits per heavy atom. The molecule has 0 aliphatic carbocycles. The first-order chi connectivity index (χ1) is 14.0. The molecule has 2 aromatic carbocycles. The Bertz CT molecular complexity index is 908. The van der Waals surface area contributed by atoms with E-state index in [0.29, 0.717) is 12.2 Å². The van der Waals surface area contributed by atoms with E-state index in [0.717, 1.165) is 31.5 Å². The Morgan fingerprint density at radius 2 is 1.62 bits per heavy atom. The molecule has 4 rings (SSSR count). The van der Waals surface area contributed by atoms with Gasteiger partial charge in [0.15, 0.2) is 0 Å². The van der Waals surface area contributed by atoms with E-state index in [-0.39, 0.29) is 30.2 Å². The summed E-state index contributed by atoms with van der Waals surface area (Å²) in [5.74, 6) is -0.186. The molecular formula is C21H22N4O4. The van der Waals surface area contributed by atoms with Gasteiger partial charge in [0, 0.05) is 37.8 Å². The molecule has 0 saturated carbocycles. The van der Waals surface area contributed by atoms with Gasteiger partial charge in [0.05, 0.1) is 10.6 Å². The second-order valence-corrected chi connectivity index (χ2v) is 7.41. The van der Waals surface area contributed by atoms with Crippen molar-refractivity contribution >= 4 is 23.3 Å². The zero-order valence-electron chi connectivity index (χ0n) is 15.9. The minimum atomic E-state index is -0.400. The molecule has 2 fully saturated rings. The van der Waals surface area contributed by atoms with E-state index in [1.54, 1.807) is 29.2 Å². The first kappa shape index (κ1) is 19.1. The number of amides is 3. The quantitative estimate of drug-likeness (QED) is 0.442. The molecule has 2 aliphatic heterocycles. The standard InChI is InChI=1S/C21H22N4O4/c26-20-15-23(21(27)24(20)18-4-2-1-3-5-18)17-10-12-22(13-11-17)14-16-6-8-19(9-7-16)25(28)29/h1-9,17H,10-15H2. The summed E-state index contributed by atoms with van der Waals surface area (Å²) in [6, 6.07) is 15.4. The number of urea groups is 1. The number of benzene rings is 2. The van der Waals surface area contributed by atoms with E-state index in [1.165, 1.54) is 17.0 Å². The minimum Gasteiger partial charge on any atom is -0.312 e. The van der Waals surface area contributed by atoms with Gasteiger partial charge in [-0.25, -0.2) is 9.69 Å². The molecule has 0 aromatic heterocycles. The summed E-state index contributed by atoms with van der Waals surface area (Å²) < 4.78 is 0. The number of non-ortho nitro benzene ring substituents is 1. The summed E-state index contributed by atoms with van der Waals surface area (Å²) in [6.07, 6.45) is 1.60. The van der Waals surface area contributed by atoms with Gasteiger partial charge in [-0.15, -0.1) is 0 Å². The molecular weight excluding hydrogens is 372 g/mol. The lowest BCUT2D eigenvalue weighted by molar-refractivity contribution is -0.384. The van der Waals surface area contributed by atoms with Crippen molar-refractivity contribution in [3.63, 3.8) is 0 Å². The molecule has 0 bridgehead atoms. The number of anilines is 1. The van der Waals surface area contributed by atoms with Crippen LogP contribution in [0.15, 0.2) is 54.6 Å². The van der Waals surface area contributed by atoms with Crippen LogP contribution in [0.3, 0.4) is 0 Å². The summed E-state index contributed by atoms with van der Waals surface area (Å²) in [4.78, 5) is 40.9. The van der Waals surface area contributed by atoms with Crippen LogP contribution in [-0.2, 0) is 11.3 Å². The van der Waals surface area contributed by atoms with Crippen LogP contribution < -0.4 is 4.90 Å². The van der Waals surface area contributed by atoms with Crippen LogP contribution in [0.25, 0.3) is 0 Å². The summed E-state index contributed by atoms with van der Waals surface area (Å²) in [5.41, 5.74) is 1.73. The molecule has 3 amide bonds. The fourth-order valence-electron chi connectivity index (χ4n) is 4.01. The maximum Gasteiger partial charge on any atom is 0.332 e. The first-order valence-corrected chi connectivity index (χ1v) is 9.67. The number of rotatable bonds is 5. The van der Waals surface area contributed by atoms with Crippen molar-refractivity contribution in [2.24, 2.45) is 0 Å². The molecule has 2 saturated heterocycles. The molecule has 0 radical (unpaired) electrons. The fourth-order valence-corrected chi connectivity index (χ4v) is 4.01. The van der Waals surface area contributed by atoms with E-state index >= 15 is 0 Å². The van der Waals surface area contributed by atoms with Crippen molar-refractivity contribution in [2.45, 2.75) is 25.4 Å². The number of nitro groups is 1. The molecule has 150 valence electrons. The summed E-state index contributed by atoms with van der Waals surface area (Å²) >= 11 is 0. The minimum absolute atomic E-state index is 0.0493. The highest BCUT2D eigenvalue weighted by Crippen LogP contribution is 2.26. The van der Waals surface area contributed by atoms with Crippen LogP contribution in [0.1, 0.15) is 18.4 Å². The number of hydrogen-bond donors (Lipinski definition) is 0. The maximum absolute atomic E-state index is 12.8. The second-order valence-electron chi connectivity index (χ2n) is 7.41. The van der Waals surface area contributed by atoms with Gasteiger partial charge in [0.2, 0.25) is 0 Å². The van der Waals surface area contributed by atoms with Gasteiger partial charge < -0.3 is 4.90 Å². The SMILES string of the molecule is O=C1CN(C2CCN(Cc3ccc([N+](=O)[O-])cc3)CC2)C(=O)N1c1ccccc1. The van der Waals surface area contributed by atoms with Crippen LogP contribution in [0.4, 0.5) is 16.2 Å². The van der Waals surface area contributed by atoms with Crippen LogP contribution in [0, 0.1) is 10.1 Å². The van der Waals surface area contributed by atoms with Crippen LogP contribution in [0.5, 0.6) is 0 Å². The molecule has 0 spiro atoms. The Kier molecular flexibility index (Phi) is 5.26. The van der Waals surface area contributed by atoms with Gasteiger partial charge in [0.25, 0.3) is 11.6 Å². The Labute approximate surface area is 168 Å². The number of imide groups is 1. The third-order valence-electron chi connectivity index (χ3n) is 5.56. The molecule has 0 unspecified atom stereocenters. The molecule has 0 atom stereocenters. The fraction of sp³-hybridized carbons (Fsp3) is 0.333. The zero-order chi connectivity index (χ0) is 20.4. The van der Waals surface area contributed by atoms with E-state index in [1.807, 2.05) is 18.2 Å². The Balaban J connectivity index is 1.34. The molecule has 2 aliphatic rings. The number of likely N-dealkylation sites (tertiary alicyclic amines) is 1. The normalized spacial score (nSPS) is 18.5. The Hall–Kier alpha value is -3.26. The molecule has 8 nitrogen and oxygen atoms in total. The van der Waals surface area contributed by atoms with E-state index in [2.05, 4.69) is 4.90 Å². The van der Waals surface area contributed by atoms with Gasteiger partial charge in [-0.3, -0.25) is 19.8 Å². The Morgan fingerprint density at radius 3 is 2.24 bits per heavy atom. The molecule has 2 aromatic rings. The highest BCUT2D eigenvalue weighted by Gasteiger charge is 2.41. The van der Waals surface area contributed by atoms with Gasteiger partial charge in [0.1, 0.15) is 6.54 Å². The largest absolute Gasteiger partial charge is 0.332 e. The van der Waals surface area contributed by atoms with E-state index < -0.39 is 4.92 Å². The average molecular weight is 394 g/mol. The van der Waals surface area contributed by atoms with Crippen molar-refractivity contribution in [1.29, 1.82) is 0 Å². The van der Waals surface area contributed by atoms with Gasteiger partial charge in [-0.05, 0) is 30.5 Å². The monoisotopic (exact) mass is 394 g/mol. The average Bonchev–Trinajstić information content (AvgIpc) is 3.03. The number of carbonyl (C=O) groups is 2. The van der Waals surface area contributed by atoms with Gasteiger partial charge >= 0.3 is 6.03 Å².